The molecule has 2 aromatic rings. The molecule has 5 N–H and O–H groups in total. The van der Waals surface area contributed by atoms with Crippen molar-refractivity contribution in [1.29, 1.82) is 0 Å². The minimum Gasteiger partial charge on any atom is -0.508 e. The molecular formula is C39H61N2O5+. The number of hydrogen-bond donors (Lipinski definition) is 5. The summed E-state index contributed by atoms with van der Waals surface area (Å²) in [5.74, 6) is 1.02. The minimum absolute atomic E-state index is 0.0597. The molecule has 2 bridgehead atoms. The van der Waals surface area contributed by atoms with Gasteiger partial charge in [-0.2, -0.15) is 0 Å². The average Bonchev–Trinajstić information content (AvgIpc) is 3.65. The zero-order chi connectivity index (χ0) is 32.2. The van der Waals surface area contributed by atoms with Crippen molar-refractivity contribution in [1.82, 2.24) is 5.32 Å². The summed E-state index contributed by atoms with van der Waals surface area (Å²) in [5.41, 5.74) is 1.32. The Labute approximate surface area is 277 Å². The average molecular weight is 638 g/mol. The van der Waals surface area contributed by atoms with Gasteiger partial charge in [0.2, 0.25) is 0 Å². The standard InChI is InChI=1S/C39H60N2O5/c42-29-33-26-32(18-19-36(33)43)37(44)27-40-22-12-5-3-1-2-4-6-13-23-41-24-20-31(21-25-41)38(28-41)46-30-39(45,35-16-10-11-17-35)34-14-8-7-9-15-34/h7-9,14-15,18-19,26,31,35,37-38,40,42,44-45H,1-6,10-13,16-17,20-25,27-30H2/p+1/t31?,37-,38-,39?,41?/m0/s1. The molecule has 1 saturated carbocycles. The van der Waals surface area contributed by atoms with E-state index in [1.165, 1.54) is 101 Å². The summed E-state index contributed by atoms with van der Waals surface area (Å²) in [4.78, 5) is 0. The topological polar surface area (TPSA) is 102 Å². The van der Waals surface area contributed by atoms with Crippen LogP contribution in [0.1, 0.15) is 113 Å². The third kappa shape index (κ3) is 9.33. The second-order valence-electron chi connectivity index (χ2n) is 14.7. The number of nitrogens with zero attached hydrogens (tertiary/aromatic N) is 1. The van der Waals surface area contributed by atoms with Crippen molar-refractivity contribution in [2.45, 2.75) is 114 Å². The van der Waals surface area contributed by atoms with Crippen LogP contribution in [-0.2, 0) is 16.9 Å². The predicted octanol–water partition coefficient (Wildman–Crippen LogP) is 6.33. The molecule has 0 aromatic heterocycles. The maximum atomic E-state index is 12.0. The number of quaternary nitrogens is 1. The highest BCUT2D eigenvalue weighted by Crippen LogP contribution is 2.42. The lowest BCUT2D eigenvalue weighted by Gasteiger charge is -2.53. The number of aromatic hydroxyl groups is 1. The van der Waals surface area contributed by atoms with Crippen LogP contribution >= 0.6 is 0 Å². The maximum absolute atomic E-state index is 12.0. The molecule has 3 atom stereocenters. The maximum Gasteiger partial charge on any atom is 0.121 e. The van der Waals surface area contributed by atoms with Crippen LogP contribution in [0.3, 0.4) is 0 Å². The van der Waals surface area contributed by atoms with Gasteiger partial charge in [-0.15, -0.1) is 0 Å². The van der Waals surface area contributed by atoms with E-state index in [2.05, 4.69) is 17.4 Å². The number of hydrogen-bond acceptors (Lipinski definition) is 6. The van der Waals surface area contributed by atoms with Crippen molar-refractivity contribution < 1.29 is 29.6 Å². The van der Waals surface area contributed by atoms with Crippen molar-refractivity contribution in [2.24, 2.45) is 11.8 Å². The molecule has 46 heavy (non-hydrogen) atoms. The number of benzene rings is 2. The number of rotatable bonds is 20. The number of piperidine rings is 3. The zero-order valence-electron chi connectivity index (χ0n) is 28.1. The van der Waals surface area contributed by atoms with Crippen LogP contribution in [0.4, 0.5) is 0 Å². The number of aliphatic hydroxyl groups excluding tert-OH is 2. The molecule has 1 unspecified atom stereocenters. The van der Waals surface area contributed by atoms with Crippen molar-refractivity contribution in [3.8, 4) is 5.75 Å². The van der Waals surface area contributed by atoms with Crippen LogP contribution in [0.15, 0.2) is 48.5 Å². The Kier molecular flexibility index (Phi) is 13.4. The third-order valence-corrected chi connectivity index (χ3v) is 11.6. The molecule has 0 amide bonds. The molecule has 7 nitrogen and oxygen atoms in total. The fourth-order valence-corrected chi connectivity index (χ4v) is 8.58. The van der Waals surface area contributed by atoms with Crippen LogP contribution in [-0.4, -0.2) is 76.9 Å². The molecule has 4 aliphatic rings. The second-order valence-corrected chi connectivity index (χ2v) is 14.7. The van der Waals surface area contributed by atoms with Crippen LogP contribution in [0.2, 0.25) is 0 Å². The van der Waals surface area contributed by atoms with Crippen LogP contribution < -0.4 is 5.32 Å². The van der Waals surface area contributed by atoms with E-state index in [0.29, 0.717) is 36.1 Å². The van der Waals surface area contributed by atoms with Gasteiger partial charge in [0, 0.05) is 30.9 Å². The van der Waals surface area contributed by atoms with Gasteiger partial charge in [-0.25, -0.2) is 0 Å². The van der Waals surface area contributed by atoms with Gasteiger partial charge in [0.1, 0.15) is 24.0 Å². The van der Waals surface area contributed by atoms with E-state index in [0.717, 1.165) is 37.9 Å². The first-order valence-corrected chi connectivity index (χ1v) is 18.5. The van der Waals surface area contributed by atoms with Gasteiger partial charge in [0.25, 0.3) is 0 Å². The summed E-state index contributed by atoms with van der Waals surface area (Å²) < 4.78 is 7.95. The van der Waals surface area contributed by atoms with Crippen LogP contribution in [0.25, 0.3) is 0 Å². The predicted molar refractivity (Wildman–Crippen MR) is 183 cm³/mol. The molecule has 3 heterocycles. The van der Waals surface area contributed by atoms with E-state index >= 15 is 0 Å². The molecule has 6 rings (SSSR count). The second kappa shape index (κ2) is 17.4. The van der Waals surface area contributed by atoms with Crippen molar-refractivity contribution in [2.75, 3.05) is 45.9 Å². The quantitative estimate of drug-likeness (QED) is 0.0859. The smallest absolute Gasteiger partial charge is 0.121 e. The number of aliphatic hydroxyl groups is 3. The van der Waals surface area contributed by atoms with E-state index in [4.69, 9.17) is 4.74 Å². The Morgan fingerprint density at radius 2 is 1.54 bits per heavy atom. The molecule has 0 radical (unpaired) electrons. The number of nitrogens with one attached hydrogen (secondary N) is 1. The van der Waals surface area contributed by atoms with E-state index in [1.807, 2.05) is 18.2 Å². The highest BCUT2D eigenvalue weighted by atomic mass is 16.5. The largest absolute Gasteiger partial charge is 0.508 e. The summed E-state index contributed by atoms with van der Waals surface area (Å²) in [7, 11) is 0. The number of fused-ring (bicyclic) bond motifs is 3. The Morgan fingerprint density at radius 1 is 0.870 bits per heavy atom. The summed E-state index contributed by atoms with van der Waals surface area (Å²) >= 11 is 0. The lowest BCUT2D eigenvalue weighted by Crippen LogP contribution is -2.64. The Hall–Kier alpha value is -2.00. The van der Waals surface area contributed by atoms with Gasteiger partial charge >= 0.3 is 0 Å². The van der Waals surface area contributed by atoms with Crippen LogP contribution in [0.5, 0.6) is 5.75 Å². The molecule has 256 valence electrons. The molecule has 4 fully saturated rings. The highest BCUT2D eigenvalue weighted by Gasteiger charge is 2.48. The van der Waals surface area contributed by atoms with E-state index in [1.54, 1.807) is 12.1 Å². The number of ether oxygens (including phenoxy) is 1. The van der Waals surface area contributed by atoms with Gasteiger partial charge in [-0.3, -0.25) is 0 Å². The van der Waals surface area contributed by atoms with Crippen molar-refractivity contribution in [3.05, 3.63) is 65.2 Å². The summed E-state index contributed by atoms with van der Waals surface area (Å²) in [5, 5.41) is 44.7. The molecule has 7 heteroatoms. The minimum atomic E-state index is -0.867. The van der Waals surface area contributed by atoms with Gasteiger partial charge in [0.05, 0.1) is 39.0 Å². The Balaban J connectivity index is 0.927. The first-order chi connectivity index (χ1) is 22.4. The highest BCUT2D eigenvalue weighted by molar-refractivity contribution is 5.36. The fraction of sp³-hybridized carbons (Fsp3) is 0.692. The fourth-order valence-electron chi connectivity index (χ4n) is 8.58. The van der Waals surface area contributed by atoms with Gasteiger partial charge < -0.3 is 35.0 Å². The van der Waals surface area contributed by atoms with Gasteiger partial charge in [0.15, 0.2) is 0 Å². The van der Waals surface area contributed by atoms with Gasteiger partial charge in [-0.05, 0) is 67.8 Å². The van der Waals surface area contributed by atoms with E-state index in [-0.39, 0.29) is 18.5 Å². The summed E-state index contributed by atoms with van der Waals surface area (Å²) in [6.07, 6.45) is 16.9. The number of unbranched alkanes of at least 4 members (excludes halogenated alkanes) is 7. The SMILES string of the molecule is OCc1cc([C@@H](O)CNCCCCCCCCCC[N+]23CCC(CC2)[C@@H](OCC(O)(c2ccccc2)C2CCCC2)C3)ccc1O. The molecular weight excluding hydrogens is 576 g/mol. The van der Waals surface area contributed by atoms with Gasteiger partial charge in [-0.1, -0.05) is 81.3 Å². The normalized spacial score (nSPS) is 25.1. The molecule has 1 aliphatic carbocycles. The Bertz CT molecular complexity index is 1160. The molecule has 3 aliphatic heterocycles. The van der Waals surface area contributed by atoms with Crippen molar-refractivity contribution in [3.63, 3.8) is 0 Å². The zero-order valence-corrected chi connectivity index (χ0v) is 28.1. The van der Waals surface area contributed by atoms with Crippen molar-refractivity contribution >= 4 is 0 Å². The third-order valence-electron chi connectivity index (χ3n) is 11.6. The molecule has 0 spiro atoms. The lowest BCUT2D eigenvalue weighted by atomic mass is 9.80. The first kappa shape index (κ1) is 35.3. The van der Waals surface area contributed by atoms with E-state index in [9.17, 15) is 20.4 Å². The monoisotopic (exact) mass is 637 g/mol. The first-order valence-electron chi connectivity index (χ1n) is 18.5. The molecule has 3 saturated heterocycles. The molecule has 2 aromatic carbocycles. The summed E-state index contributed by atoms with van der Waals surface area (Å²) in [6, 6.07) is 15.2. The Morgan fingerprint density at radius 3 is 2.24 bits per heavy atom. The summed E-state index contributed by atoms with van der Waals surface area (Å²) in [6.45, 7) is 6.58. The lowest BCUT2D eigenvalue weighted by molar-refractivity contribution is -0.946. The van der Waals surface area contributed by atoms with Crippen LogP contribution in [0, 0.1) is 11.8 Å². The van der Waals surface area contributed by atoms with E-state index < -0.39 is 11.7 Å². The number of phenols is 1.